The van der Waals surface area contributed by atoms with Crippen LogP contribution in [-0.2, 0) is 11.3 Å². The van der Waals surface area contributed by atoms with E-state index in [-0.39, 0.29) is 12.7 Å². The van der Waals surface area contributed by atoms with E-state index in [0.29, 0.717) is 42.0 Å². The molecule has 4 aromatic rings. The van der Waals surface area contributed by atoms with Gasteiger partial charge in [-0.3, -0.25) is 9.69 Å². The van der Waals surface area contributed by atoms with Gasteiger partial charge in [0.15, 0.2) is 16.6 Å². The molecule has 0 spiro atoms. The fourth-order valence-electron chi connectivity index (χ4n) is 4.59. The Bertz CT molecular complexity index is 1560. The number of benzene rings is 3. The molecule has 1 amide bonds. The average molecular weight is 528 g/mol. The third-order valence-corrected chi connectivity index (χ3v) is 6.63. The van der Waals surface area contributed by atoms with Gasteiger partial charge >= 0.3 is 0 Å². The lowest BCUT2D eigenvalue weighted by atomic mass is 10.1. The van der Waals surface area contributed by atoms with Gasteiger partial charge in [0, 0.05) is 28.7 Å². The van der Waals surface area contributed by atoms with Gasteiger partial charge in [-0.15, -0.1) is 0 Å². The molecule has 3 aromatic carbocycles. The number of hydrogen-bond acceptors (Lipinski definition) is 6. The van der Waals surface area contributed by atoms with Gasteiger partial charge in [-0.25, -0.2) is 0 Å². The number of hydrogen-bond donors (Lipinski definition) is 1. The lowest BCUT2D eigenvalue weighted by Gasteiger charge is -2.14. The van der Waals surface area contributed by atoms with Crippen molar-refractivity contribution in [2.45, 2.75) is 13.5 Å². The minimum Gasteiger partial charge on any atom is -0.494 e. The van der Waals surface area contributed by atoms with E-state index in [0.717, 1.165) is 33.7 Å². The molecule has 9 heteroatoms. The second-order valence-corrected chi connectivity index (χ2v) is 9.10. The predicted molar refractivity (Wildman–Crippen MR) is 149 cm³/mol. The molecular formula is C29H25N3O5S. The first-order chi connectivity index (χ1) is 18.6. The summed E-state index contributed by atoms with van der Waals surface area (Å²) in [5.74, 6) is 2.67. The van der Waals surface area contributed by atoms with Gasteiger partial charge < -0.3 is 28.8 Å². The van der Waals surface area contributed by atoms with E-state index < -0.39 is 0 Å². The van der Waals surface area contributed by atoms with Gasteiger partial charge in [0.25, 0.3) is 5.91 Å². The Hall–Kier alpha value is -4.50. The van der Waals surface area contributed by atoms with Crippen LogP contribution in [0.2, 0.25) is 0 Å². The number of carbonyl (C=O) groups excluding carboxylic acids is 1. The van der Waals surface area contributed by atoms with E-state index in [1.165, 1.54) is 4.90 Å². The molecule has 8 nitrogen and oxygen atoms in total. The zero-order valence-corrected chi connectivity index (χ0v) is 21.5. The quantitative estimate of drug-likeness (QED) is 0.252. The number of thiocarbonyl (C=S) groups is 1. The van der Waals surface area contributed by atoms with Crippen LogP contribution in [0.5, 0.6) is 23.0 Å². The molecule has 0 radical (unpaired) electrons. The third kappa shape index (κ3) is 4.52. The Morgan fingerprint density at radius 3 is 2.63 bits per heavy atom. The molecule has 0 saturated carbocycles. The van der Waals surface area contributed by atoms with Crippen LogP contribution in [-0.4, -0.2) is 35.6 Å². The minimum absolute atomic E-state index is 0.206. The Morgan fingerprint density at radius 1 is 1.00 bits per heavy atom. The number of ether oxygens (including phenoxy) is 4. The number of nitrogens with one attached hydrogen (secondary N) is 1. The highest BCUT2D eigenvalue weighted by Crippen LogP contribution is 2.35. The van der Waals surface area contributed by atoms with E-state index in [1.807, 2.05) is 79.9 Å². The van der Waals surface area contributed by atoms with Gasteiger partial charge in [-0.1, -0.05) is 18.2 Å². The molecular weight excluding hydrogens is 502 g/mol. The Morgan fingerprint density at radius 2 is 1.79 bits per heavy atom. The predicted octanol–water partition coefficient (Wildman–Crippen LogP) is 5.11. The van der Waals surface area contributed by atoms with Crippen molar-refractivity contribution in [1.82, 2.24) is 9.88 Å². The molecule has 1 N–H and O–H groups in total. The maximum Gasteiger partial charge on any atom is 0.281 e. The van der Waals surface area contributed by atoms with E-state index in [9.17, 15) is 4.79 Å². The lowest BCUT2D eigenvalue weighted by molar-refractivity contribution is -0.113. The monoisotopic (exact) mass is 527 g/mol. The largest absolute Gasteiger partial charge is 0.494 e. The third-order valence-electron chi connectivity index (χ3n) is 6.35. The van der Waals surface area contributed by atoms with Crippen LogP contribution in [0.15, 0.2) is 78.6 Å². The standard InChI is InChI=1S/C29H25N3O5S/c1-2-34-21-9-7-20(8-10-21)32-28(33)24(30-29(32)38)15-19-17-31(25-6-4-3-5-23(19)25)13-14-35-22-11-12-26-27(16-22)37-18-36-26/h3-12,15-17H,2,13-14,18H2,1H3,(H,30,38)/b24-15-. The molecule has 1 aromatic heterocycles. The number of fused-ring (bicyclic) bond motifs is 2. The van der Waals surface area contributed by atoms with Gasteiger partial charge in [0.2, 0.25) is 6.79 Å². The second kappa shape index (κ2) is 10.1. The highest BCUT2D eigenvalue weighted by atomic mass is 32.1. The number of aromatic nitrogens is 1. The van der Waals surface area contributed by atoms with Crippen molar-refractivity contribution in [3.8, 4) is 23.0 Å². The van der Waals surface area contributed by atoms with Crippen LogP contribution in [0, 0.1) is 0 Å². The molecule has 38 heavy (non-hydrogen) atoms. The molecule has 1 fully saturated rings. The fraction of sp³-hybridized carbons (Fsp3) is 0.172. The lowest BCUT2D eigenvalue weighted by Crippen LogP contribution is -2.30. The molecule has 192 valence electrons. The molecule has 3 heterocycles. The molecule has 2 aliphatic rings. The second-order valence-electron chi connectivity index (χ2n) is 8.71. The van der Waals surface area contributed by atoms with Crippen LogP contribution < -0.4 is 29.2 Å². The Kier molecular flexibility index (Phi) is 6.35. The van der Waals surface area contributed by atoms with Gasteiger partial charge in [0.1, 0.15) is 23.8 Å². The summed E-state index contributed by atoms with van der Waals surface area (Å²) >= 11 is 5.49. The van der Waals surface area contributed by atoms with Crippen LogP contribution >= 0.6 is 12.2 Å². The van der Waals surface area contributed by atoms with Gasteiger partial charge in [-0.2, -0.15) is 0 Å². The molecule has 2 aliphatic heterocycles. The fourth-order valence-corrected chi connectivity index (χ4v) is 4.89. The smallest absolute Gasteiger partial charge is 0.281 e. The maximum absolute atomic E-state index is 13.3. The summed E-state index contributed by atoms with van der Waals surface area (Å²) in [6.45, 7) is 3.81. The molecule has 0 atom stereocenters. The number of carbonyl (C=O) groups is 1. The number of nitrogens with zero attached hydrogens (tertiary/aromatic N) is 2. The number of amides is 1. The van der Waals surface area contributed by atoms with Crippen molar-refractivity contribution >= 4 is 45.9 Å². The molecule has 0 aliphatic carbocycles. The van der Waals surface area contributed by atoms with Gasteiger partial charge in [-0.05, 0) is 67.7 Å². The molecule has 0 unspecified atom stereocenters. The van der Waals surface area contributed by atoms with Crippen LogP contribution in [0.3, 0.4) is 0 Å². The zero-order valence-electron chi connectivity index (χ0n) is 20.7. The normalized spacial score (nSPS) is 15.4. The van der Waals surface area contributed by atoms with Crippen molar-refractivity contribution in [1.29, 1.82) is 0 Å². The van der Waals surface area contributed by atoms with E-state index >= 15 is 0 Å². The Balaban J connectivity index is 1.21. The first-order valence-electron chi connectivity index (χ1n) is 12.3. The number of rotatable bonds is 8. The maximum atomic E-state index is 13.3. The summed E-state index contributed by atoms with van der Waals surface area (Å²) in [6, 6.07) is 20.9. The Labute approximate surface area is 225 Å². The van der Waals surface area contributed by atoms with Crippen LogP contribution in [0.4, 0.5) is 5.69 Å². The van der Waals surface area contributed by atoms with Crippen molar-refractivity contribution < 1.29 is 23.7 Å². The summed E-state index contributed by atoms with van der Waals surface area (Å²) in [6.07, 6.45) is 3.87. The first kappa shape index (κ1) is 23.9. The van der Waals surface area contributed by atoms with Crippen LogP contribution in [0.25, 0.3) is 17.0 Å². The average Bonchev–Trinajstić information content (AvgIpc) is 3.61. The summed E-state index contributed by atoms with van der Waals surface area (Å²) in [7, 11) is 0. The summed E-state index contributed by atoms with van der Waals surface area (Å²) in [5.41, 5.74) is 3.06. The van der Waals surface area contributed by atoms with E-state index in [1.54, 1.807) is 0 Å². The highest BCUT2D eigenvalue weighted by Gasteiger charge is 2.32. The molecule has 1 saturated heterocycles. The summed E-state index contributed by atoms with van der Waals surface area (Å²) in [5, 5.41) is 4.45. The van der Waals surface area contributed by atoms with Crippen molar-refractivity contribution in [2.75, 3.05) is 24.9 Å². The SMILES string of the molecule is CCOc1ccc(N2C(=O)/C(=C/c3cn(CCOc4ccc5c(c4)OCO5)c4ccccc34)NC2=S)cc1. The van der Waals surface area contributed by atoms with Crippen LogP contribution in [0.1, 0.15) is 12.5 Å². The number of para-hydroxylation sites is 1. The first-order valence-corrected chi connectivity index (χ1v) is 12.7. The number of anilines is 1. The van der Waals surface area contributed by atoms with E-state index in [2.05, 4.69) is 16.0 Å². The minimum atomic E-state index is -0.206. The van der Waals surface area contributed by atoms with Crippen molar-refractivity contribution in [3.63, 3.8) is 0 Å². The molecule has 0 bridgehead atoms. The summed E-state index contributed by atoms with van der Waals surface area (Å²) < 4.78 is 24.4. The van der Waals surface area contributed by atoms with Gasteiger partial charge in [0.05, 0.1) is 18.8 Å². The van der Waals surface area contributed by atoms with Crippen molar-refractivity contribution in [3.05, 3.63) is 84.2 Å². The zero-order chi connectivity index (χ0) is 26.1. The van der Waals surface area contributed by atoms with Crippen molar-refractivity contribution in [2.24, 2.45) is 0 Å². The molecule has 6 rings (SSSR count). The summed E-state index contributed by atoms with van der Waals surface area (Å²) in [4.78, 5) is 14.8. The highest BCUT2D eigenvalue weighted by molar-refractivity contribution is 7.80. The topological polar surface area (TPSA) is 74.2 Å². The van der Waals surface area contributed by atoms with E-state index in [4.69, 9.17) is 31.2 Å².